The minimum absolute atomic E-state index is 0.418. The fraction of sp³-hybridized carbons (Fsp3) is 0. The van der Waals surface area contributed by atoms with Gasteiger partial charge in [-0.15, -0.1) is 0 Å². The zero-order chi connectivity index (χ0) is 17.1. The van der Waals surface area contributed by atoms with E-state index in [2.05, 4.69) is 84.9 Å². The van der Waals surface area contributed by atoms with E-state index in [4.69, 9.17) is 0 Å². The second-order valence-corrected chi connectivity index (χ2v) is 11.1. The van der Waals surface area contributed by atoms with Crippen molar-refractivity contribution in [1.82, 2.24) is 0 Å². The molecule has 0 saturated heterocycles. The van der Waals surface area contributed by atoms with Crippen LogP contribution in [0, 0.1) is 0 Å². The molecule has 0 unspecified atom stereocenters. The third kappa shape index (κ3) is 2.08. The van der Waals surface area contributed by atoms with Gasteiger partial charge in [0.15, 0.2) is 0 Å². The van der Waals surface area contributed by atoms with Gasteiger partial charge < -0.3 is 0 Å². The van der Waals surface area contributed by atoms with Gasteiger partial charge in [0.1, 0.15) is 0 Å². The summed E-state index contributed by atoms with van der Waals surface area (Å²) < 4.78 is 6.07. The van der Waals surface area contributed by atoms with Gasteiger partial charge in [0.2, 0.25) is 0 Å². The van der Waals surface area contributed by atoms with Gasteiger partial charge in [-0.2, -0.15) is 0 Å². The molecular formula is C24H14Se2. The Morgan fingerprint density at radius 3 is 1.31 bits per heavy atom. The first-order chi connectivity index (χ1) is 12.9. The molecule has 6 rings (SSSR count). The molecule has 26 heavy (non-hydrogen) atoms. The van der Waals surface area contributed by atoms with E-state index in [0.29, 0.717) is 29.0 Å². The van der Waals surface area contributed by atoms with Crippen molar-refractivity contribution in [2.75, 3.05) is 0 Å². The van der Waals surface area contributed by atoms with Gasteiger partial charge in [0, 0.05) is 0 Å². The fourth-order valence-electron chi connectivity index (χ4n) is 4.00. The first-order valence-electron chi connectivity index (χ1n) is 8.71. The number of fused-ring (bicyclic) bond motifs is 6. The molecule has 0 aliphatic carbocycles. The van der Waals surface area contributed by atoms with E-state index in [-0.39, 0.29) is 0 Å². The summed E-state index contributed by atoms with van der Waals surface area (Å²) >= 11 is 0.837. The summed E-state index contributed by atoms with van der Waals surface area (Å²) in [5.41, 5.74) is 2.80. The topological polar surface area (TPSA) is 0 Å². The monoisotopic (exact) mass is 462 g/mol. The average Bonchev–Trinajstić information content (AvgIpc) is 3.26. The second-order valence-electron chi connectivity index (χ2n) is 6.55. The van der Waals surface area contributed by atoms with Crippen LogP contribution in [0.3, 0.4) is 0 Å². The van der Waals surface area contributed by atoms with Crippen molar-refractivity contribution in [3.63, 3.8) is 0 Å². The van der Waals surface area contributed by atoms with E-state index in [1.807, 2.05) is 0 Å². The molecule has 0 aliphatic rings. The van der Waals surface area contributed by atoms with Crippen molar-refractivity contribution in [2.24, 2.45) is 0 Å². The molecule has 122 valence electrons. The van der Waals surface area contributed by atoms with Crippen LogP contribution in [0.15, 0.2) is 84.9 Å². The molecule has 0 N–H and O–H groups in total. The van der Waals surface area contributed by atoms with Crippen LogP contribution in [0.25, 0.3) is 49.7 Å². The van der Waals surface area contributed by atoms with Crippen LogP contribution in [-0.4, -0.2) is 29.0 Å². The third-order valence-electron chi connectivity index (χ3n) is 5.10. The first kappa shape index (κ1) is 15.0. The minimum atomic E-state index is 0.418. The Morgan fingerprint density at radius 1 is 0.385 bits per heavy atom. The first-order valence-corrected chi connectivity index (χ1v) is 12.1. The van der Waals surface area contributed by atoms with Gasteiger partial charge in [-0.3, -0.25) is 0 Å². The summed E-state index contributed by atoms with van der Waals surface area (Å²) in [6, 6.07) is 31.7. The molecule has 2 heteroatoms. The van der Waals surface area contributed by atoms with E-state index in [0.717, 1.165) is 0 Å². The zero-order valence-electron chi connectivity index (χ0n) is 13.9. The van der Waals surface area contributed by atoms with Gasteiger partial charge in [-0.1, -0.05) is 0 Å². The summed E-state index contributed by atoms with van der Waals surface area (Å²) in [5.74, 6) is 0. The van der Waals surface area contributed by atoms with Crippen molar-refractivity contribution < 1.29 is 0 Å². The van der Waals surface area contributed by atoms with Crippen molar-refractivity contribution in [3.05, 3.63) is 84.9 Å². The molecule has 6 aromatic rings. The molecule has 0 radical (unpaired) electrons. The fourth-order valence-corrected chi connectivity index (χ4v) is 8.75. The molecule has 2 heterocycles. The van der Waals surface area contributed by atoms with Gasteiger partial charge in [-0.05, 0) is 0 Å². The van der Waals surface area contributed by atoms with Gasteiger partial charge in [-0.25, -0.2) is 0 Å². The molecule has 0 aliphatic heterocycles. The Bertz CT molecular complexity index is 1320. The second kappa shape index (κ2) is 5.71. The van der Waals surface area contributed by atoms with E-state index in [9.17, 15) is 0 Å². The normalized spacial score (nSPS) is 11.8. The predicted molar refractivity (Wildman–Crippen MR) is 116 cm³/mol. The molecule has 4 aromatic carbocycles. The van der Waals surface area contributed by atoms with Crippen molar-refractivity contribution in [2.45, 2.75) is 0 Å². The van der Waals surface area contributed by atoms with Gasteiger partial charge in [0.25, 0.3) is 0 Å². The summed E-state index contributed by atoms with van der Waals surface area (Å²) in [5, 5.41) is 5.81. The molecule has 0 fully saturated rings. The predicted octanol–water partition coefficient (Wildman–Crippen LogP) is 6.08. The summed E-state index contributed by atoms with van der Waals surface area (Å²) in [6.07, 6.45) is 0. The molecule has 0 spiro atoms. The van der Waals surface area contributed by atoms with E-state index < -0.39 is 0 Å². The Morgan fingerprint density at radius 2 is 0.808 bits per heavy atom. The number of hydrogen-bond donors (Lipinski definition) is 0. The summed E-state index contributed by atoms with van der Waals surface area (Å²) in [6.45, 7) is 0. The van der Waals surface area contributed by atoms with Crippen LogP contribution in [0.5, 0.6) is 0 Å². The van der Waals surface area contributed by atoms with Crippen LogP contribution < -0.4 is 0 Å². The van der Waals surface area contributed by atoms with Crippen LogP contribution in [-0.2, 0) is 0 Å². The van der Waals surface area contributed by atoms with Crippen LogP contribution in [0.1, 0.15) is 0 Å². The quantitative estimate of drug-likeness (QED) is 0.261. The maximum absolute atomic E-state index is 2.32. The van der Waals surface area contributed by atoms with E-state index >= 15 is 0 Å². The van der Waals surface area contributed by atoms with Crippen LogP contribution in [0.2, 0.25) is 0 Å². The Balaban J connectivity index is 1.82. The van der Waals surface area contributed by atoms with Crippen molar-refractivity contribution >= 4 is 67.6 Å². The number of rotatable bonds is 1. The van der Waals surface area contributed by atoms with E-state index in [1.54, 1.807) is 0 Å². The molecule has 0 atom stereocenters. The SMILES string of the molecule is c1ccc2c(c1)[se]c1cccc(-c3cccc4[se]c5ccccc5c34)c12. The molecule has 0 bridgehead atoms. The third-order valence-corrected chi connectivity index (χ3v) is 9.86. The molecule has 0 nitrogen and oxygen atoms in total. The average molecular weight is 460 g/mol. The van der Waals surface area contributed by atoms with E-state index in [1.165, 1.54) is 49.7 Å². The Kier molecular flexibility index (Phi) is 3.30. The van der Waals surface area contributed by atoms with Crippen molar-refractivity contribution in [1.29, 1.82) is 0 Å². The molecular weight excluding hydrogens is 446 g/mol. The Hall–Kier alpha value is -2.08. The maximum atomic E-state index is 2.32. The van der Waals surface area contributed by atoms with Crippen LogP contribution in [0.4, 0.5) is 0 Å². The number of hydrogen-bond acceptors (Lipinski definition) is 0. The molecule has 0 amide bonds. The number of benzene rings is 4. The van der Waals surface area contributed by atoms with Gasteiger partial charge in [0.05, 0.1) is 0 Å². The summed E-state index contributed by atoms with van der Waals surface area (Å²) in [4.78, 5) is 0. The zero-order valence-corrected chi connectivity index (χ0v) is 17.3. The van der Waals surface area contributed by atoms with Crippen LogP contribution >= 0.6 is 0 Å². The standard InChI is InChI=1S/C24H14Se2/c1-3-11-19-17(7-1)23-15(9-5-13-21(23)25-19)16-10-6-14-22-24(16)18-8-2-4-12-20(18)26-22/h1-14H. The Labute approximate surface area is 163 Å². The summed E-state index contributed by atoms with van der Waals surface area (Å²) in [7, 11) is 0. The van der Waals surface area contributed by atoms with Crippen molar-refractivity contribution in [3.8, 4) is 11.1 Å². The molecule has 0 saturated carbocycles. The van der Waals surface area contributed by atoms with Gasteiger partial charge >= 0.3 is 164 Å². The molecule has 2 aromatic heterocycles.